The molecule has 1 aliphatic heterocycles. The van der Waals surface area contributed by atoms with E-state index >= 15 is 0 Å². The molecule has 0 spiro atoms. The normalized spacial score (nSPS) is 14.8. The van der Waals surface area contributed by atoms with Gasteiger partial charge in [0.05, 0.1) is 17.7 Å². The topological polar surface area (TPSA) is 56.6 Å². The van der Waals surface area contributed by atoms with Crippen LogP contribution < -0.4 is 9.64 Å². The highest BCUT2D eigenvalue weighted by molar-refractivity contribution is 9.10. The molecule has 1 fully saturated rings. The Bertz CT molecular complexity index is 679. The number of aldehydes is 1. The van der Waals surface area contributed by atoms with Crippen molar-refractivity contribution in [2.45, 2.75) is 6.61 Å². The molecular formula is C16H18BrN3O3. The Morgan fingerprint density at radius 2 is 2.00 bits per heavy atom. The number of rotatable bonds is 5. The van der Waals surface area contributed by atoms with E-state index in [0.717, 1.165) is 38.3 Å². The Hall–Kier alpha value is -1.86. The maximum Gasteiger partial charge on any atom is 0.169 e. The second kappa shape index (κ2) is 7.14. The third-order valence-corrected chi connectivity index (χ3v) is 4.66. The van der Waals surface area contributed by atoms with Gasteiger partial charge in [-0.3, -0.25) is 9.48 Å². The summed E-state index contributed by atoms with van der Waals surface area (Å²) in [6.45, 7) is 3.67. The van der Waals surface area contributed by atoms with Crippen LogP contribution in [0.2, 0.25) is 0 Å². The van der Waals surface area contributed by atoms with Crippen LogP contribution in [0.1, 0.15) is 16.2 Å². The maximum absolute atomic E-state index is 11.0. The minimum atomic E-state index is 0.305. The van der Waals surface area contributed by atoms with Crippen molar-refractivity contribution in [2.24, 2.45) is 7.05 Å². The zero-order valence-electron chi connectivity index (χ0n) is 12.9. The average molecular weight is 380 g/mol. The number of benzene rings is 1. The smallest absolute Gasteiger partial charge is 0.169 e. The van der Waals surface area contributed by atoms with Gasteiger partial charge in [0, 0.05) is 25.8 Å². The number of hydrogen-bond acceptors (Lipinski definition) is 5. The van der Waals surface area contributed by atoms with Gasteiger partial charge in [0.15, 0.2) is 6.29 Å². The number of hydrogen-bond donors (Lipinski definition) is 0. The summed E-state index contributed by atoms with van der Waals surface area (Å²) in [6, 6.07) is 7.99. The molecule has 0 N–H and O–H groups in total. The van der Waals surface area contributed by atoms with Crippen molar-refractivity contribution in [2.75, 3.05) is 31.2 Å². The first-order valence-corrected chi connectivity index (χ1v) is 8.20. The van der Waals surface area contributed by atoms with E-state index in [-0.39, 0.29) is 0 Å². The maximum atomic E-state index is 11.0. The lowest BCUT2D eigenvalue weighted by atomic mass is 10.2. The number of nitrogens with zero attached hydrogens (tertiary/aromatic N) is 3. The highest BCUT2D eigenvalue weighted by Crippen LogP contribution is 2.23. The van der Waals surface area contributed by atoms with Gasteiger partial charge in [-0.25, -0.2) is 0 Å². The van der Waals surface area contributed by atoms with E-state index < -0.39 is 0 Å². The van der Waals surface area contributed by atoms with Crippen molar-refractivity contribution >= 4 is 27.9 Å². The lowest BCUT2D eigenvalue weighted by molar-refractivity contribution is 0.111. The Morgan fingerprint density at radius 1 is 1.30 bits per heavy atom. The fourth-order valence-corrected chi connectivity index (χ4v) is 3.06. The first-order valence-electron chi connectivity index (χ1n) is 7.41. The van der Waals surface area contributed by atoms with Gasteiger partial charge in [0.25, 0.3) is 0 Å². The molecule has 23 heavy (non-hydrogen) atoms. The Labute approximate surface area is 143 Å². The molecule has 0 aliphatic carbocycles. The fourth-order valence-electron chi connectivity index (χ4n) is 2.52. The minimum absolute atomic E-state index is 0.305. The molecule has 0 saturated carbocycles. The van der Waals surface area contributed by atoms with E-state index in [4.69, 9.17) is 9.47 Å². The lowest BCUT2D eigenvalue weighted by Gasteiger charge is -2.28. The third-order valence-electron chi connectivity index (χ3n) is 3.80. The molecule has 2 aromatic rings. The molecule has 1 aromatic carbocycles. The molecule has 0 amide bonds. The van der Waals surface area contributed by atoms with Crippen LogP contribution in [0.25, 0.3) is 0 Å². The number of anilines is 1. The van der Waals surface area contributed by atoms with Gasteiger partial charge in [0.1, 0.15) is 23.7 Å². The van der Waals surface area contributed by atoms with Gasteiger partial charge in [0.2, 0.25) is 0 Å². The van der Waals surface area contributed by atoms with Gasteiger partial charge in [-0.05, 0) is 40.2 Å². The number of halogens is 1. The molecular weight excluding hydrogens is 362 g/mol. The van der Waals surface area contributed by atoms with Crippen molar-refractivity contribution in [3.8, 4) is 5.75 Å². The van der Waals surface area contributed by atoms with Gasteiger partial charge in [-0.2, -0.15) is 5.10 Å². The predicted octanol–water partition coefficient (Wildman–Crippen LogP) is 2.41. The van der Waals surface area contributed by atoms with Crippen LogP contribution in [0.4, 0.5) is 5.69 Å². The average Bonchev–Trinajstić information content (AvgIpc) is 2.87. The Morgan fingerprint density at radius 3 is 2.61 bits per heavy atom. The molecule has 1 aromatic heterocycles. The van der Waals surface area contributed by atoms with Crippen molar-refractivity contribution < 1.29 is 14.3 Å². The lowest BCUT2D eigenvalue weighted by Crippen LogP contribution is -2.36. The van der Waals surface area contributed by atoms with Crippen LogP contribution in [0.5, 0.6) is 5.75 Å². The summed E-state index contributed by atoms with van der Waals surface area (Å²) in [5.74, 6) is 0.771. The Kier molecular flexibility index (Phi) is 4.97. The molecule has 0 atom stereocenters. The number of carbonyl (C=O) groups excluding carboxylic acids is 1. The molecule has 6 nitrogen and oxygen atoms in total. The molecule has 1 saturated heterocycles. The molecule has 122 valence electrons. The number of ether oxygens (including phenoxy) is 2. The number of aromatic nitrogens is 2. The van der Waals surface area contributed by atoms with Crippen LogP contribution in [0, 0.1) is 0 Å². The highest BCUT2D eigenvalue weighted by Gasteiger charge is 2.14. The number of aryl methyl sites for hydroxylation is 1. The van der Waals surface area contributed by atoms with Gasteiger partial charge >= 0.3 is 0 Å². The molecule has 1 aliphatic rings. The second-order valence-corrected chi connectivity index (χ2v) is 6.06. The summed E-state index contributed by atoms with van der Waals surface area (Å²) < 4.78 is 13.3. The summed E-state index contributed by atoms with van der Waals surface area (Å²) in [7, 11) is 1.73. The summed E-state index contributed by atoms with van der Waals surface area (Å²) in [6.07, 6.45) is 0.776. The highest BCUT2D eigenvalue weighted by atomic mass is 79.9. The van der Waals surface area contributed by atoms with Crippen molar-refractivity contribution in [3.05, 3.63) is 40.1 Å². The van der Waals surface area contributed by atoms with Crippen LogP contribution in [0.15, 0.2) is 28.7 Å². The quantitative estimate of drug-likeness (QED) is 0.746. The monoisotopic (exact) mass is 379 g/mol. The first kappa shape index (κ1) is 16.0. The van der Waals surface area contributed by atoms with Crippen molar-refractivity contribution in [3.63, 3.8) is 0 Å². The molecule has 7 heteroatoms. The van der Waals surface area contributed by atoms with Crippen LogP contribution >= 0.6 is 15.9 Å². The summed E-state index contributed by atoms with van der Waals surface area (Å²) >= 11 is 3.39. The van der Waals surface area contributed by atoms with E-state index in [1.165, 1.54) is 10.4 Å². The Balaban J connectivity index is 1.63. The molecule has 0 bridgehead atoms. The largest absolute Gasteiger partial charge is 0.487 e. The summed E-state index contributed by atoms with van der Waals surface area (Å²) in [5, 5.41) is 4.28. The minimum Gasteiger partial charge on any atom is -0.487 e. The van der Waals surface area contributed by atoms with E-state index in [1.807, 2.05) is 24.3 Å². The number of morpholine rings is 1. The van der Waals surface area contributed by atoms with Gasteiger partial charge in [-0.15, -0.1) is 0 Å². The summed E-state index contributed by atoms with van der Waals surface area (Å²) in [5.41, 5.74) is 2.38. The standard InChI is InChI=1S/C16H18BrN3O3/c1-19-15(10-21)16(17)14(18-19)11-23-13-4-2-12(3-5-13)20-6-8-22-9-7-20/h2-5,10H,6-9,11H2,1H3. The third kappa shape index (κ3) is 3.56. The van der Waals surface area contributed by atoms with E-state index in [0.29, 0.717) is 22.5 Å². The predicted molar refractivity (Wildman–Crippen MR) is 90.1 cm³/mol. The van der Waals surface area contributed by atoms with Crippen LogP contribution in [0.3, 0.4) is 0 Å². The zero-order chi connectivity index (χ0) is 16.2. The SMILES string of the molecule is Cn1nc(COc2ccc(N3CCOCC3)cc2)c(Br)c1C=O. The van der Waals surface area contributed by atoms with Gasteiger partial charge in [-0.1, -0.05) is 0 Å². The zero-order valence-corrected chi connectivity index (χ0v) is 14.5. The van der Waals surface area contributed by atoms with Crippen LogP contribution in [-0.4, -0.2) is 42.4 Å². The first-order chi connectivity index (χ1) is 11.2. The second-order valence-electron chi connectivity index (χ2n) is 5.27. The molecule has 2 heterocycles. The fraction of sp³-hybridized carbons (Fsp3) is 0.375. The molecule has 0 radical (unpaired) electrons. The number of carbonyl (C=O) groups is 1. The van der Waals surface area contributed by atoms with Crippen LogP contribution in [-0.2, 0) is 18.4 Å². The summed E-state index contributed by atoms with van der Waals surface area (Å²) in [4.78, 5) is 13.3. The molecule has 0 unspecified atom stereocenters. The van der Waals surface area contributed by atoms with Crippen molar-refractivity contribution in [1.29, 1.82) is 0 Å². The van der Waals surface area contributed by atoms with Gasteiger partial charge < -0.3 is 14.4 Å². The van der Waals surface area contributed by atoms with E-state index in [1.54, 1.807) is 7.05 Å². The van der Waals surface area contributed by atoms with Crippen molar-refractivity contribution in [1.82, 2.24) is 9.78 Å². The molecule has 3 rings (SSSR count). The van der Waals surface area contributed by atoms with E-state index in [2.05, 4.69) is 25.9 Å². The van der Waals surface area contributed by atoms with E-state index in [9.17, 15) is 4.79 Å².